The minimum Gasteiger partial charge on any atom is -0.507 e. The lowest BCUT2D eigenvalue weighted by Crippen LogP contribution is -2.29. The molecule has 1 unspecified atom stereocenters. The van der Waals surface area contributed by atoms with E-state index in [1.165, 1.54) is 31.4 Å². The number of ether oxygens (including phenoxy) is 1. The first-order chi connectivity index (χ1) is 15.7. The summed E-state index contributed by atoms with van der Waals surface area (Å²) in [7, 11) is 1.48. The third-order valence-electron chi connectivity index (χ3n) is 5.37. The first-order valence-electron chi connectivity index (χ1n) is 9.90. The van der Waals surface area contributed by atoms with Crippen LogP contribution in [-0.4, -0.2) is 23.9 Å². The number of alkyl halides is 3. The Morgan fingerprint density at radius 1 is 0.939 bits per heavy atom. The minimum atomic E-state index is -4.63. The average Bonchev–Trinajstić information content (AvgIpc) is 3.09. The molecule has 8 heteroatoms. The van der Waals surface area contributed by atoms with Crippen molar-refractivity contribution in [2.75, 3.05) is 12.0 Å². The maximum atomic E-state index is 13.3. The maximum absolute atomic E-state index is 13.3. The molecule has 1 heterocycles. The van der Waals surface area contributed by atoms with Gasteiger partial charge in [-0.3, -0.25) is 14.5 Å². The summed E-state index contributed by atoms with van der Waals surface area (Å²) in [5.41, 5.74) is -0.546. The fourth-order valence-corrected chi connectivity index (χ4v) is 3.79. The maximum Gasteiger partial charge on any atom is 0.416 e. The van der Waals surface area contributed by atoms with E-state index >= 15 is 0 Å². The number of hydrogen-bond donors (Lipinski definition) is 1. The van der Waals surface area contributed by atoms with E-state index in [-0.39, 0.29) is 16.8 Å². The van der Waals surface area contributed by atoms with Gasteiger partial charge in [0.15, 0.2) is 0 Å². The van der Waals surface area contributed by atoms with Gasteiger partial charge in [0.2, 0.25) is 0 Å². The molecule has 0 spiro atoms. The number of methoxy groups -OCH3 is 1. The predicted octanol–water partition coefficient (Wildman–Crippen LogP) is 5.34. The quantitative estimate of drug-likeness (QED) is 0.329. The SMILES string of the molecule is COc1ccc(/C(O)=C2\C(=O)C(=O)N(c3cccc(C(F)(F)F)c3)C2c2ccccc2)cc1. The van der Waals surface area contributed by atoms with Crippen LogP contribution in [0.4, 0.5) is 18.9 Å². The number of aliphatic hydroxyl groups excluding tert-OH is 1. The lowest BCUT2D eigenvalue weighted by molar-refractivity contribution is -0.137. The number of Topliss-reactive ketones (excluding diaryl/α,β-unsaturated/α-hetero) is 1. The highest BCUT2D eigenvalue weighted by Gasteiger charge is 2.47. The standard InChI is InChI=1S/C25H18F3NO4/c1-33-19-12-10-16(11-13-19)22(30)20-21(15-6-3-2-4-7-15)29(24(32)23(20)31)18-9-5-8-17(14-18)25(26,27)28/h2-14,21,30H,1H3/b22-20+. The van der Waals surface area contributed by atoms with Gasteiger partial charge in [-0.05, 0) is 48.0 Å². The van der Waals surface area contributed by atoms with Crippen molar-refractivity contribution in [2.45, 2.75) is 12.2 Å². The van der Waals surface area contributed by atoms with Gasteiger partial charge in [0.1, 0.15) is 11.5 Å². The molecule has 1 amide bonds. The van der Waals surface area contributed by atoms with Crippen molar-refractivity contribution < 1.29 is 32.6 Å². The van der Waals surface area contributed by atoms with Gasteiger partial charge in [0, 0.05) is 11.3 Å². The molecule has 0 aromatic heterocycles. The number of anilines is 1. The molecule has 33 heavy (non-hydrogen) atoms. The molecule has 4 rings (SSSR count). The molecule has 0 saturated carbocycles. The van der Waals surface area contributed by atoms with Gasteiger partial charge in [0.25, 0.3) is 11.7 Å². The zero-order valence-electron chi connectivity index (χ0n) is 17.3. The number of hydrogen-bond acceptors (Lipinski definition) is 4. The molecule has 0 radical (unpaired) electrons. The number of nitrogens with zero attached hydrogens (tertiary/aromatic N) is 1. The van der Waals surface area contributed by atoms with Crippen LogP contribution < -0.4 is 9.64 Å². The van der Waals surface area contributed by atoms with Crippen LogP contribution in [0.15, 0.2) is 84.4 Å². The number of aliphatic hydroxyl groups is 1. The smallest absolute Gasteiger partial charge is 0.416 e. The Hall–Kier alpha value is -4.07. The van der Waals surface area contributed by atoms with Gasteiger partial charge < -0.3 is 9.84 Å². The fraction of sp³-hybridized carbons (Fsp3) is 0.120. The third-order valence-corrected chi connectivity index (χ3v) is 5.37. The summed E-state index contributed by atoms with van der Waals surface area (Å²) in [4.78, 5) is 27.1. The number of ketones is 1. The predicted molar refractivity (Wildman–Crippen MR) is 116 cm³/mol. The van der Waals surface area contributed by atoms with Crippen molar-refractivity contribution in [3.8, 4) is 5.75 Å². The van der Waals surface area contributed by atoms with E-state index in [9.17, 15) is 27.9 Å². The van der Waals surface area contributed by atoms with Gasteiger partial charge in [-0.1, -0.05) is 36.4 Å². The molecule has 0 aliphatic carbocycles. The van der Waals surface area contributed by atoms with Crippen LogP contribution >= 0.6 is 0 Å². The Kier molecular flexibility index (Phi) is 5.68. The lowest BCUT2D eigenvalue weighted by atomic mass is 9.95. The number of halogens is 3. The molecule has 1 aliphatic heterocycles. The van der Waals surface area contributed by atoms with E-state index < -0.39 is 35.2 Å². The Morgan fingerprint density at radius 3 is 2.21 bits per heavy atom. The van der Waals surface area contributed by atoms with Crippen LogP contribution in [0.3, 0.4) is 0 Å². The Labute approximate surface area is 187 Å². The van der Waals surface area contributed by atoms with E-state index in [4.69, 9.17) is 4.74 Å². The molecule has 3 aromatic carbocycles. The second kappa shape index (κ2) is 8.46. The third kappa shape index (κ3) is 4.07. The van der Waals surface area contributed by atoms with Crippen LogP contribution in [-0.2, 0) is 15.8 Å². The number of carbonyl (C=O) groups is 2. The van der Waals surface area contributed by atoms with Gasteiger partial charge >= 0.3 is 6.18 Å². The Balaban J connectivity index is 1.91. The number of carbonyl (C=O) groups excluding carboxylic acids is 2. The van der Waals surface area contributed by atoms with E-state index in [0.717, 1.165) is 17.0 Å². The van der Waals surface area contributed by atoms with Crippen molar-refractivity contribution >= 4 is 23.1 Å². The summed E-state index contributed by atoms with van der Waals surface area (Å²) >= 11 is 0. The number of amides is 1. The first-order valence-corrected chi connectivity index (χ1v) is 9.90. The van der Waals surface area contributed by atoms with Gasteiger partial charge in [-0.25, -0.2) is 0 Å². The van der Waals surface area contributed by atoms with E-state index in [0.29, 0.717) is 11.3 Å². The zero-order chi connectivity index (χ0) is 23.8. The molecule has 1 N–H and O–H groups in total. The van der Waals surface area contributed by atoms with Crippen molar-refractivity contribution in [3.63, 3.8) is 0 Å². The number of benzene rings is 3. The van der Waals surface area contributed by atoms with Crippen LogP contribution in [0.2, 0.25) is 0 Å². The van der Waals surface area contributed by atoms with Crippen LogP contribution in [0.25, 0.3) is 5.76 Å². The van der Waals surface area contributed by atoms with Crippen LogP contribution in [0, 0.1) is 0 Å². The summed E-state index contributed by atoms with van der Waals surface area (Å²) < 4.78 is 45.0. The lowest BCUT2D eigenvalue weighted by Gasteiger charge is -2.26. The molecule has 1 aliphatic rings. The fourth-order valence-electron chi connectivity index (χ4n) is 3.79. The topological polar surface area (TPSA) is 66.8 Å². The Bertz CT molecular complexity index is 1230. The van der Waals surface area contributed by atoms with Crippen molar-refractivity contribution in [3.05, 3.63) is 101 Å². The van der Waals surface area contributed by atoms with Crippen molar-refractivity contribution in [1.82, 2.24) is 0 Å². The summed E-state index contributed by atoms with van der Waals surface area (Å²) in [6.45, 7) is 0. The summed E-state index contributed by atoms with van der Waals surface area (Å²) in [6, 6.07) is 17.6. The molecule has 0 bridgehead atoms. The molecule has 3 aromatic rings. The van der Waals surface area contributed by atoms with Gasteiger partial charge in [0.05, 0.1) is 24.3 Å². The normalized spacial score (nSPS) is 17.9. The molecular formula is C25H18F3NO4. The average molecular weight is 453 g/mol. The van der Waals surface area contributed by atoms with E-state index in [1.807, 2.05) is 0 Å². The van der Waals surface area contributed by atoms with Gasteiger partial charge in [-0.2, -0.15) is 13.2 Å². The summed E-state index contributed by atoms with van der Waals surface area (Å²) in [5, 5.41) is 11.0. The summed E-state index contributed by atoms with van der Waals surface area (Å²) in [6.07, 6.45) is -4.63. The Morgan fingerprint density at radius 2 is 1.61 bits per heavy atom. The first kappa shape index (κ1) is 22.1. The van der Waals surface area contributed by atoms with Crippen LogP contribution in [0.5, 0.6) is 5.75 Å². The van der Waals surface area contributed by atoms with Crippen molar-refractivity contribution in [1.29, 1.82) is 0 Å². The largest absolute Gasteiger partial charge is 0.507 e. The zero-order valence-corrected chi connectivity index (χ0v) is 17.3. The molecule has 1 saturated heterocycles. The number of rotatable bonds is 4. The second-order valence-electron chi connectivity index (χ2n) is 7.36. The highest BCUT2D eigenvalue weighted by Crippen LogP contribution is 2.43. The molecular weight excluding hydrogens is 435 g/mol. The molecule has 1 atom stereocenters. The molecule has 168 valence electrons. The van der Waals surface area contributed by atoms with Crippen LogP contribution in [0.1, 0.15) is 22.7 Å². The van der Waals surface area contributed by atoms with E-state index in [1.54, 1.807) is 42.5 Å². The second-order valence-corrected chi connectivity index (χ2v) is 7.36. The highest BCUT2D eigenvalue weighted by molar-refractivity contribution is 6.51. The van der Waals surface area contributed by atoms with Crippen molar-refractivity contribution in [2.24, 2.45) is 0 Å². The summed E-state index contributed by atoms with van der Waals surface area (Å²) in [5.74, 6) is -1.93. The highest BCUT2D eigenvalue weighted by atomic mass is 19.4. The monoisotopic (exact) mass is 453 g/mol. The molecule has 1 fully saturated rings. The molecule has 5 nitrogen and oxygen atoms in total. The van der Waals surface area contributed by atoms with Gasteiger partial charge in [-0.15, -0.1) is 0 Å². The van der Waals surface area contributed by atoms with E-state index in [2.05, 4.69) is 0 Å². The minimum absolute atomic E-state index is 0.102.